The first-order valence-electron chi connectivity index (χ1n) is 7.72. The number of benzene rings is 2. The van der Waals surface area contributed by atoms with Crippen molar-refractivity contribution in [2.24, 2.45) is 0 Å². The normalized spacial score (nSPS) is 10.2. The molecule has 0 heterocycles. The van der Waals surface area contributed by atoms with E-state index in [1.54, 1.807) is 55.3 Å². The van der Waals surface area contributed by atoms with Crippen molar-refractivity contribution < 1.29 is 23.8 Å². The van der Waals surface area contributed by atoms with Crippen LogP contribution < -0.4 is 9.47 Å². The van der Waals surface area contributed by atoms with Crippen molar-refractivity contribution in [2.45, 2.75) is 11.3 Å². The van der Waals surface area contributed by atoms with Crippen LogP contribution in [0.15, 0.2) is 53.4 Å². The Bertz CT molecular complexity index is 695. The van der Waals surface area contributed by atoms with Crippen LogP contribution in [0.4, 0.5) is 0 Å². The van der Waals surface area contributed by atoms with Crippen LogP contribution in [0, 0.1) is 0 Å². The fraction of sp³-hybridized carbons (Fsp3) is 0.263. The molecule has 0 aliphatic rings. The fourth-order valence-electron chi connectivity index (χ4n) is 2.00. The van der Waals surface area contributed by atoms with Crippen molar-refractivity contribution in [2.75, 3.05) is 26.6 Å². The highest BCUT2D eigenvalue weighted by Gasteiger charge is 2.10. The Morgan fingerprint density at radius 2 is 1.60 bits per heavy atom. The van der Waals surface area contributed by atoms with Crippen molar-refractivity contribution in [3.05, 3.63) is 54.1 Å². The van der Waals surface area contributed by atoms with E-state index in [9.17, 15) is 9.59 Å². The molecule has 0 aromatic heterocycles. The van der Waals surface area contributed by atoms with E-state index in [4.69, 9.17) is 14.2 Å². The van der Waals surface area contributed by atoms with E-state index in [0.717, 1.165) is 10.6 Å². The summed E-state index contributed by atoms with van der Waals surface area (Å²) in [5, 5.41) is 0. The number of rotatable bonds is 9. The number of esters is 1. The van der Waals surface area contributed by atoms with Gasteiger partial charge in [0.1, 0.15) is 11.5 Å². The Kier molecular flexibility index (Phi) is 7.35. The van der Waals surface area contributed by atoms with Gasteiger partial charge in [-0.2, -0.15) is 0 Å². The lowest BCUT2D eigenvalue weighted by molar-refractivity contribution is -0.143. The monoisotopic (exact) mass is 360 g/mol. The SMILES string of the molecule is COc1ccc(OCCC(=O)OCC(=O)c2ccc(SC)cc2)cc1. The maximum atomic E-state index is 12.0. The third-order valence-corrected chi connectivity index (χ3v) is 4.15. The summed E-state index contributed by atoms with van der Waals surface area (Å²) in [7, 11) is 1.59. The van der Waals surface area contributed by atoms with E-state index >= 15 is 0 Å². The molecule has 0 saturated heterocycles. The minimum atomic E-state index is -0.470. The van der Waals surface area contributed by atoms with Crippen molar-refractivity contribution in [3.8, 4) is 11.5 Å². The summed E-state index contributed by atoms with van der Waals surface area (Å²) in [6.45, 7) is -0.0816. The number of methoxy groups -OCH3 is 1. The lowest BCUT2D eigenvalue weighted by atomic mass is 10.1. The average Bonchev–Trinajstić information content (AvgIpc) is 2.66. The topological polar surface area (TPSA) is 61.8 Å². The van der Waals surface area contributed by atoms with Crippen molar-refractivity contribution in [1.82, 2.24) is 0 Å². The smallest absolute Gasteiger partial charge is 0.309 e. The van der Waals surface area contributed by atoms with Gasteiger partial charge in [-0.05, 0) is 42.7 Å². The molecule has 0 saturated carbocycles. The fourth-order valence-corrected chi connectivity index (χ4v) is 2.41. The molecule has 6 heteroatoms. The summed E-state index contributed by atoms with van der Waals surface area (Å²) in [6, 6.07) is 14.2. The summed E-state index contributed by atoms with van der Waals surface area (Å²) in [6.07, 6.45) is 2.04. The van der Waals surface area contributed by atoms with Crippen LogP contribution in [-0.4, -0.2) is 38.3 Å². The molecule has 0 atom stereocenters. The number of hydrogen-bond acceptors (Lipinski definition) is 6. The Labute approximate surface area is 151 Å². The molecule has 0 aliphatic heterocycles. The third kappa shape index (κ3) is 6.15. The molecule has 25 heavy (non-hydrogen) atoms. The standard InChI is InChI=1S/C19H20O5S/c1-22-15-5-7-16(8-6-15)23-12-11-19(21)24-13-18(20)14-3-9-17(25-2)10-4-14/h3-10H,11-13H2,1-2H3. The Hall–Kier alpha value is -2.47. The highest BCUT2D eigenvalue weighted by molar-refractivity contribution is 7.98. The molecule has 132 valence electrons. The predicted octanol–water partition coefficient (Wildman–Crippen LogP) is 3.61. The van der Waals surface area contributed by atoms with Gasteiger partial charge in [-0.1, -0.05) is 12.1 Å². The van der Waals surface area contributed by atoms with Gasteiger partial charge in [-0.25, -0.2) is 0 Å². The minimum absolute atomic E-state index is 0.0741. The lowest BCUT2D eigenvalue weighted by Crippen LogP contribution is -2.16. The van der Waals surface area contributed by atoms with Crippen LogP contribution in [0.25, 0.3) is 0 Å². The Morgan fingerprint density at radius 1 is 0.960 bits per heavy atom. The van der Waals surface area contributed by atoms with Crippen LogP contribution in [0.3, 0.4) is 0 Å². The molecular weight excluding hydrogens is 340 g/mol. The highest BCUT2D eigenvalue weighted by Crippen LogP contribution is 2.17. The van der Waals surface area contributed by atoms with Crippen LogP contribution in [0.2, 0.25) is 0 Å². The number of ketones is 1. The second-order valence-corrected chi connectivity index (χ2v) is 5.97. The van der Waals surface area contributed by atoms with E-state index < -0.39 is 5.97 Å². The number of carbonyl (C=O) groups is 2. The lowest BCUT2D eigenvalue weighted by Gasteiger charge is -2.07. The Morgan fingerprint density at radius 3 is 2.20 bits per heavy atom. The van der Waals surface area contributed by atoms with Crippen LogP contribution in [-0.2, 0) is 9.53 Å². The molecule has 0 aliphatic carbocycles. The zero-order valence-electron chi connectivity index (χ0n) is 14.2. The van der Waals surface area contributed by atoms with E-state index in [-0.39, 0.29) is 25.4 Å². The van der Waals surface area contributed by atoms with E-state index in [1.165, 1.54) is 0 Å². The molecule has 2 rings (SSSR count). The number of hydrogen-bond donors (Lipinski definition) is 0. The van der Waals surface area contributed by atoms with E-state index in [2.05, 4.69) is 0 Å². The molecule has 0 N–H and O–H groups in total. The van der Waals surface area contributed by atoms with Gasteiger partial charge < -0.3 is 14.2 Å². The summed E-state index contributed by atoms with van der Waals surface area (Å²) in [5.41, 5.74) is 0.528. The van der Waals surface area contributed by atoms with E-state index in [0.29, 0.717) is 11.3 Å². The van der Waals surface area contributed by atoms with Gasteiger partial charge in [0.2, 0.25) is 0 Å². The zero-order chi connectivity index (χ0) is 18.1. The first-order valence-corrected chi connectivity index (χ1v) is 8.94. The second kappa shape index (κ2) is 9.74. The molecular formula is C19H20O5S. The van der Waals surface area contributed by atoms with Crippen LogP contribution >= 0.6 is 11.8 Å². The number of Topliss-reactive ketones (excluding diaryl/α,β-unsaturated/α-hetero) is 1. The third-order valence-electron chi connectivity index (χ3n) is 3.41. The molecule has 2 aromatic rings. The summed E-state index contributed by atoms with van der Waals surface area (Å²) >= 11 is 1.60. The highest BCUT2D eigenvalue weighted by atomic mass is 32.2. The molecule has 0 spiro atoms. The quantitative estimate of drug-likeness (QED) is 0.387. The molecule has 0 fully saturated rings. The predicted molar refractivity (Wildman–Crippen MR) is 96.6 cm³/mol. The number of thioether (sulfide) groups is 1. The maximum Gasteiger partial charge on any atom is 0.309 e. The average molecular weight is 360 g/mol. The Balaban J connectivity index is 1.69. The molecule has 0 amide bonds. The van der Waals surface area contributed by atoms with Crippen LogP contribution in [0.5, 0.6) is 11.5 Å². The summed E-state index contributed by atoms with van der Waals surface area (Å²) in [4.78, 5) is 24.7. The van der Waals surface area contributed by atoms with Crippen molar-refractivity contribution in [1.29, 1.82) is 0 Å². The van der Waals surface area contributed by atoms with Crippen molar-refractivity contribution >= 4 is 23.5 Å². The summed E-state index contributed by atoms with van der Waals surface area (Å²) < 4.78 is 15.5. The molecule has 5 nitrogen and oxygen atoms in total. The van der Waals surface area contributed by atoms with E-state index in [1.807, 2.05) is 18.4 Å². The molecule has 0 bridgehead atoms. The van der Waals surface area contributed by atoms with Gasteiger partial charge in [0.05, 0.1) is 20.1 Å². The molecule has 0 unspecified atom stereocenters. The van der Waals surface area contributed by atoms with Gasteiger partial charge in [0, 0.05) is 10.5 Å². The number of ether oxygens (including phenoxy) is 3. The first kappa shape index (κ1) is 18.9. The second-order valence-electron chi connectivity index (χ2n) is 5.09. The van der Waals surface area contributed by atoms with Gasteiger partial charge in [0.25, 0.3) is 0 Å². The molecule has 0 radical (unpaired) electrons. The first-order chi connectivity index (χ1) is 12.1. The van der Waals surface area contributed by atoms with Gasteiger partial charge in [-0.3, -0.25) is 9.59 Å². The van der Waals surface area contributed by atoms with Gasteiger partial charge >= 0.3 is 5.97 Å². The van der Waals surface area contributed by atoms with Gasteiger partial charge in [-0.15, -0.1) is 11.8 Å². The molecule has 2 aromatic carbocycles. The van der Waals surface area contributed by atoms with Crippen molar-refractivity contribution in [3.63, 3.8) is 0 Å². The maximum absolute atomic E-state index is 12.0. The number of carbonyl (C=O) groups excluding carboxylic acids is 2. The largest absolute Gasteiger partial charge is 0.497 e. The minimum Gasteiger partial charge on any atom is -0.497 e. The summed E-state index contributed by atoms with van der Waals surface area (Å²) in [5.74, 6) is 0.675. The van der Waals surface area contributed by atoms with Crippen LogP contribution in [0.1, 0.15) is 16.8 Å². The van der Waals surface area contributed by atoms with Gasteiger partial charge in [0.15, 0.2) is 12.4 Å². The zero-order valence-corrected chi connectivity index (χ0v) is 15.0.